The van der Waals surface area contributed by atoms with Crippen LogP contribution in [0.5, 0.6) is 5.75 Å². The number of carbonyl (C=O) groups is 1. The van der Waals surface area contributed by atoms with Gasteiger partial charge >= 0.3 is 6.03 Å². The van der Waals surface area contributed by atoms with Crippen LogP contribution in [0.3, 0.4) is 0 Å². The summed E-state index contributed by atoms with van der Waals surface area (Å²) in [5, 5.41) is 9.24. The Balaban J connectivity index is 1.96. The Morgan fingerprint density at radius 2 is 2.24 bits per heavy atom. The van der Waals surface area contributed by atoms with Crippen molar-refractivity contribution in [2.45, 2.75) is 19.9 Å². The van der Waals surface area contributed by atoms with Crippen LogP contribution in [0.15, 0.2) is 28.8 Å². The molecule has 0 aliphatic carbocycles. The van der Waals surface area contributed by atoms with Crippen molar-refractivity contribution in [1.29, 1.82) is 0 Å². The second-order valence-corrected chi connectivity index (χ2v) is 4.35. The van der Waals surface area contributed by atoms with E-state index in [2.05, 4.69) is 20.8 Å². The van der Waals surface area contributed by atoms with Crippen molar-refractivity contribution >= 4 is 6.03 Å². The predicted octanol–water partition coefficient (Wildman–Crippen LogP) is 1.95. The number of nitrogens with one attached hydrogen (secondary N) is 2. The number of hydrogen-bond donors (Lipinski definition) is 2. The summed E-state index contributed by atoms with van der Waals surface area (Å²) in [6.45, 7) is 2.80. The van der Waals surface area contributed by atoms with Gasteiger partial charge in [0.1, 0.15) is 5.75 Å². The van der Waals surface area contributed by atoms with Crippen LogP contribution in [0.4, 0.5) is 4.79 Å². The predicted molar refractivity (Wildman–Crippen MR) is 76.8 cm³/mol. The lowest BCUT2D eigenvalue weighted by Crippen LogP contribution is -2.35. The van der Waals surface area contributed by atoms with Gasteiger partial charge in [-0.15, -0.1) is 0 Å². The van der Waals surface area contributed by atoms with Crippen molar-refractivity contribution in [1.82, 2.24) is 20.8 Å². The van der Waals surface area contributed by atoms with Gasteiger partial charge in [0.2, 0.25) is 11.7 Å². The SMILES string of the molecule is CCCNC(=O)NCc1nc(-c2cccc(OC)c2)no1. The number of carbonyl (C=O) groups excluding carboxylic acids is 1. The van der Waals surface area contributed by atoms with E-state index in [4.69, 9.17) is 9.26 Å². The fourth-order valence-electron chi connectivity index (χ4n) is 1.66. The van der Waals surface area contributed by atoms with E-state index in [1.54, 1.807) is 7.11 Å². The Morgan fingerprint density at radius 1 is 1.38 bits per heavy atom. The number of hydrogen-bond acceptors (Lipinski definition) is 5. The second kappa shape index (κ2) is 7.28. The Kier molecular flexibility index (Phi) is 5.14. The van der Waals surface area contributed by atoms with Gasteiger partial charge in [-0.2, -0.15) is 4.98 Å². The van der Waals surface area contributed by atoms with Gasteiger partial charge in [0.05, 0.1) is 13.7 Å². The smallest absolute Gasteiger partial charge is 0.315 e. The minimum Gasteiger partial charge on any atom is -0.497 e. The van der Waals surface area contributed by atoms with Crippen LogP contribution >= 0.6 is 0 Å². The number of benzene rings is 1. The molecule has 0 atom stereocenters. The van der Waals surface area contributed by atoms with Gasteiger partial charge in [-0.1, -0.05) is 24.2 Å². The van der Waals surface area contributed by atoms with Gasteiger partial charge in [0.25, 0.3) is 0 Å². The van der Waals surface area contributed by atoms with E-state index < -0.39 is 0 Å². The molecule has 2 amide bonds. The van der Waals surface area contributed by atoms with Crippen molar-refractivity contribution in [3.05, 3.63) is 30.2 Å². The van der Waals surface area contributed by atoms with Crippen LogP contribution in [-0.4, -0.2) is 29.8 Å². The quantitative estimate of drug-likeness (QED) is 0.848. The first kappa shape index (κ1) is 14.8. The lowest BCUT2D eigenvalue weighted by molar-refractivity contribution is 0.238. The molecule has 0 saturated heterocycles. The third kappa shape index (κ3) is 4.20. The molecule has 2 aromatic rings. The third-order valence-electron chi connectivity index (χ3n) is 2.73. The van der Waals surface area contributed by atoms with Gasteiger partial charge < -0.3 is 19.9 Å². The molecule has 2 rings (SSSR count). The number of ether oxygens (including phenoxy) is 1. The fourth-order valence-corrected chi connectivity index (χ4v) is 1.66. The highest BCUT2D eigenvalue weighted by molar-refractivity contribution is 5.73. The van der Waals surface area contributed by atoms with E-state index >= 15 is 0 Å². The van der Waals surface area contributed by atoms with Crippen LogP contribution in [0.25, 0.3) is 11.4 Å². The molecule has 0 unspecified atom stereocenters. The zero-order chi connectivity index (χ0) is 15.1. The van der Waals surface area contributed by atoms with Gasteiger partial charge in [0.15, 0.2) is 0 Å². The molecule has 0 bridgehead atoms. The number of nitrogens with zero attached hydrogens (tertiary/aromatic N) is 2. The summed E-state index contributed by atoms with van der Waals surface area (Å²) in [7, 11) is 1.60. The minimum atomic E-state index is -0.252. The maximum Gasteiger partial charge on any atom is 0.315 e. The first-order chi connectivity index (χ1) is 10.2. The minimum absolute atomic E-state index is 0.187. The highest BCUT2D eigenvalue weighted by atomic mass is 16.5. The summed E-state index contributed by atoms with van der Waals surface area (Å²) in [6, 6.07) is 7.11. The zero-order valence-corrected chi connectivity index (χ0v) is 12.0. The maximum absolute atomic E-state index is 11.4. The number of urea groups is 1. The summed E-state index contributed by atoms with van der Waals surface area (Å²) in [5.74, 6) is 1.52. The summed E-state index contributed by atoms with van der Waals surface area (Å²) < 4.78 is 10.3. The summed E-state index contributed by atoms with van der Waals surface area (Å²) >= 11 is 0. The molecule has 1 heterocycles. The zero-order valence-electron chi connectivity index (χ0n) is 12.0. The van der Waals surface area contributed by atoms with Crippen LogP contribution in [0.1, 0.15) is 19.2 Å². The molecule has 0 aliphatic heterocycles. The summed E-state index contributed by atoms with van der Waals surface area (Å²) in [6.07, 6.45) is 0.883. The Bertz CT molecular complexity index is 597. The molecule has 7 heteroatoms. The third-order valence-corrected chi connectivity index (χ3v) is 2.73. The van der Waals surface area contributed by atoms with Crippen molar-refractivity contribution in [3.8, 4) is 17.1 Å². The van der Waals surface area contributed by atoms with Crippen molar-refractivity contribution in [3.63, 3.8) is 0 Å². The topological polar surface area (TPSA) is 89.3 Å². The molecule has 0 fully saturated rings. The molecule has 21 heavy (non-hydrogen) atoms. The van der Waals surface area contributed by atoms with E-state index in [9.17, 15) is 4.79 Å². The fraction of sp³-hybridized carbons (Fsp3) is 0.357. The van der Waals surface area contributed by atoms with Gasteiger partial charge in [-0.3, -0.25) is 0 Å². The van der Waals surface area contributed by atoms with Crippen molar-refractivity contribution in [2.24, 2.45) is 0 Å². The largest absolute Gasteiger partial charge is 0.497 e. The van der Waals surface area contributed by atoms with Gasteiger partial charge in [0, 0.05) is 12.1 Å². The second-order valence-electron chi connectivity index (χ2n) is 4.35. The molecule has 112 valence electrons. The van der Waals surface area contributed by atoms with Crippen molar-refractivity contribution < 1.29 is 14.1 Å². The normalized spacial score (nSPS) is 10.2. The van der Waals surface area contributed by atoms with E-state index in [1.807, 2.05) is 31.2 Å². The van der Waals surface area contributed by atoms with E-state index in [1.165, 1.54) is 0 Å². The van der Waals surface area contributed by atoms with E-state index in [-0.39, 0.29) is 12.6 Å². The highest BCUT2D eigenvalue weighted by Gasteiger charge is 2.10. The molecule has 2 N–H and O–H groups in total. The maximum atomic E-state index is 11.4. The summed E-state index contributed by atoms with van der Waals surface area (Å²) in [5.41, 5.74) is 0.791. The van der Waals surface area contributed by atoms with E-state index in [0.29, 0.717) is 18.3 Å². The molecule has 0 aliphatic rings. The van der Waals surface area contributed by atoms with Crippen LogP contribution < -0.4 is 15.4 Å². The lowest BCUT2D eigenvalue weighted by Gasteiger charge is -2.03. The molecule has 1 aromatic heterocycles. The average molecular weight is 290 g/mol. The highest BCUT2D eigenvalue weighted by Crippen LogP contribution is 2.21. The molecular weight excluding hydrogens is 272 g/mol. The van der Waals surface area contributed by atoms with Gasteiger partial charge in [-0.25, -0.2) is 4.79 Å². The van der Waals surface area contributed by atoms with Crippen LogP contribution in [0.2, 0.25) is 0 Å². The monoisotopic (exact) mass is 290 g/mol. The van der Waals surface area contributed by atoms with Gasteiger partial charge in [-0.05, 0) is 18.6 Å². The molecule has 0 radical (unpaired) electrons. The number of rotatable bonds is 6. The average Bonchev–Trinajstić information content (AvgIpc) is 3.00. The molecular formula is C14H18N4O3. The molecule has 0 saturated carbocycles. The lowest BCUT2D eigenvalue weighted by atomic mass is 10.2. The first-order valence-corrected chi connectivity index (χ1v) is 6.71. The molecule has 1 aromatic carbocycles. The Labute approximate surface area is 122 Å². The molecule has 7 nitrogen and oxygen atoms in total. The first-order valence-electron chi connectivity index (χ1n) is 6.71. The Morgan fingerprint density at radius 3 is 3.00 bits per heavy atom. The van der Waals surface area contributed by atoms with E-state index in [0.717, 1.165) is 17.7 Å². The van der Waals surface area contributed by atoms with Crippen molar-refractivity contribution in [2.75, 3.05) is 13.7 Å². The standard InChI is InChI=1S/C14H18N4O3/c1-3-7-15-14(19)16-9-12-17-13(18-21-12)10-5-4-6-11(8-10)20-2/h4-6,8H,3,7,9H2,1-2H3,(H2,15,16,19). The summed E-state index contributed by atoms with van der Waals surface area (Å²) in [4.78, 5) is 15.6. The van der Waals surface area contributed by atoms with Crippen LogP contribution in [0, 0.1) is 0 Å². The van der Waals surface area contributed by atoms with Crippen LogP contribution in [-0.2, 0) is 6.54 Å². The Hall–Kier alpha value is -2.57. The number of amides is 2. The number of aromatic nitrogens is 2. The molecule has 0 spiro atoms. The number of methoxy groups -OCH3 is 1.